The second kappa shape index (κ2) is 12.0. The Morgan fingerprint density at radius 3 is 2.23 bits per heavy atom. The molecule has 4 fully saturated rings. The molecule has 1 aliphatic heterocycles. The number of carbonyl (C=O) groups excluding carboxylic acids is 5. The fraction of sp³-hybridized carbons (Fsp3) is 0.839. The van der Waals surface area contributed by atoms with E-state index in [2.05, 4.69) is 0 Å². The van der Waals surface area contributed by atoms with Crippen molar-refractivity contribution >= 4 is 29.8 Å². The lowest BCUT2D eigenvalue weighted by Crippen LogP contribution is -2.44. The maximum Gasteiger partial charge on any atom is 0.490 e. The molecule has 4 aliphatic rings. The molecule has 4 rings (SSSR count). The van der Waals surface area contributed by atoms with Crippen molar-refractivity contribution in [1.82, 2.24) is 0 Å². The van der Waals surface area contributed by atoms with Crippen LogP contribution in [0.3, 0.4) is 0 Å². The van der Waals surface area contributed by atoms with Gasteiger partial charge in [-0.2, -0.15) is 13.2 Å². The summed E-state index contributed by atoms with van der Waals surface area (Å²) in [6.45, 7) is 10.3. The maximum absolute atomic E-state index is 13.2. The summed E-state index contributed by atoms with van der Waals surface area (Å²) in [5.74, 6) is -9.34. The zero-order valence-corrected chi connectivity index (χ0v) is 25.7. The quantitative estimate of drug-likeness (QED) is 0.192. The number of carbonyl (C=O) groups is 5. The van der Waals surface area contributed by atoms with Crippen LogP contribution in [0.1, 0.15) is 92.9 Å². The molecule has 43 heavy (non-hydrogen) atoms. The largest absolute Gasteiger partial charge is 0.490 e. The molecule has 0 aromatic heterocycles. The highest BCUT2D eigenvalue weighted by atomic mass is 19.4. The lowest BCUT2D eigenvalue weighted by molar-refractivity contribution is -0.210. The van der Waals surface area contributed by atoms with Gasteiger partial charge in [0.05, 0.1) is 24.2 Å². The number of hydrogen-bond acceptors (Lipinski definition) is 9. The maximum atomic E-state index is 13.2. The van der Waals surface area contributed by atoms with Crippen molar-refractivity contribution in [3.05, 3.63) is 0 Å². The zero-order chi connectivity index (χ0) is 32.1. The van der Waals surface area contributed by atoms with Crippen LogP contribution >= 0.6 is 0 Å². The number of halogens is 3. The van der Waals surface area contributed by atoms with Crippen LogP contribution in [0.5, 0.6) is 0 Å². The Morgan fingerprint density at radius 1 is 1.05 bits per heavy atom. The van der Waals surface area contributed by atoms with Crippen molar-refractivity contribution in [3.8, 4) is 0 Å². The fourth-order valence-electron chi connectivity index (χ4n) is 8.04. The standard InChI is InChI=1S/C31H43F3O9/c1-15(25(36)43-30(6)9-7-8-10-30)11-20-24(27(38)41-26(20)37)23-16(2)17-12-18(19(23)13-17)21(40-28(39)31(32,33)34)14-22(35)42-29(3,4)5/h15-21,23-24H,7-14H2,1-6H3. The third-order valence-electron chi connectivity index (χ3n) is 9.94. The van der Waals surface area contributed by atoms with Gasteiger partial charge in [-0.1, -0.05) is 13.8 Å². The minimum absolute atomic E-state index is 0.0276. The van der Waals surface area contributed by atoms with Gasteiger partial charge in [-0.05, 0) is 102 Å². The Bertz CT molecular complexity index is 1120. The molecule has 3 aliphatic carbocycles. The van der Waals surface area contributed by atoms with E-state index in [1.807, 2.05) is 13.8 Å². The van der Waals surface area contributed by atoms with Gasteiger partial charge in [0, 0.05) is 0 Å². The van der Waals surface area contributed by atoms with Crippen LogP contribution in [-0.4, -0.2) is 53.3 Å². The molecule has 0 spiro atoms. The lowest BCUT2D eigenvalue weighted by Gasteiger charge is -2.40. The van der Waals surface area contributed by atoms with E-state index in [0.29, 0.717) is 12.8 Å². The van der Waals surface area contributed by atoms with Gasteiger partial charge in [-0.25, -0.2) is 4.79 Å². The zero-order valence-electron chi connectivity index (χ0n) is 25.7. The van der Waals surface area contributed by atoms with E-state index in [9.17, 15) is 37.1 Å². The number of alkyl halides is 3. The number of rotatable bonds is 9. The van der Waals surface area contributed by atoms with Crippen molar-refractivity contribution in [1.29, 1.82) is 0 Å². The number of hydrogen-bond donors (Lipinski definition) is 0. The van der Waals surface area contributed by atoms with Crippen molar-refractivity contribution in [2.45, 2.75) is 116 Å². The summed E-state index contributed by atoms with van der Waals surface area (Å²) >= 11 is 0. The molecular formula is C31H43F3O9. The van der Waals surface area contributed by atoms with Crippen molar-refractivity contribution < 1.29 is 56.1 Å². The first-order valence-corrected chi connectivity index (χ1v) is 15.3. The SMILES string of the molecule is CC(CC1C(=O)OC(=O)C1C1C(C)C2CC(C(CC(=O)OC(C)(C)C)OC(=O)C(F)(F)F)C1C2)C(=O)OC1(C)CCCC1. The van der Waals surface area contributed by atoms with Gasteiger partial charge in [-0.3, -0.25) is 19.2 Å². The Balaban J connectivity index is 1.55. The van der Waals surface area contributed by atoms with E-state index in [1.54, 1.807) is 27.7 Å². The van der Waals surface area contributed by atoms with Gasteiger partial charge in [-0.15, -0.1) is 0 Å². The van der Waals surface area contributed by atoms with E-state index in [1.165, 1.54) is 0 Å². The smallest absolute Gasteiger partial charge is 0.460 e. The fourth-order valence-corrected chi connectivity index (χ4v) is 8.04. The van der Waals surface area contributed by atoms with Crippen molar-refractivity contribution in [3.63, 3.8) is 0 Å². The van der Waals surface area contributed by atoms with Gasteiger partial charge in [0.15, 0.2) is 0 Å². The summed E-state index contributed by atoms with van der Waals surface area (Å²) in [5.41, 5.74) is -1.46. The highest BCUT2D eigenvalue weighted by Crippen LogP contribution is 2.61. The number of ether oxygens (including phenoxy) is 4. The van der Waals surface area contributed by atoms with E-state index in [0.717, 1.165) is 25.7 Å². The molecule has 1 heterocycles. The van der Waals surface area contributed by atoms with Crippen LogP contribution in [0.15, 0.2) is 0 Å². The summed E-state index contributed by atoms with van der Waals surface area (Å²) in [5, 5.41) is 0. The molecule has 9 nitrogen and oxygen atoms in total. The minimum Gasteiger partial charge on any atom is -0.460 e. The third-order valence-corrected chi connectivity index (χ3v) is 9.94. The molecule has 0 radical (unpaired) electrons. The van der Waals surface area contributed by atoms with Gasteiger partial charge in [0.2, 0.25) is 0 Å². The third kappa shape index (κ3) is 7.36. The van der Waals surface area contributed by atoms with Gasteiger partial charge in [0.1, 0.15) is 17.3 Å². The molecular weight excluding hydrogens is 573 g/mol. The second-order valence-corrected chi connectivity index (χ2v) is 14.3. The van der Waals surface area contributed by atoms with E-state index < -0.39 is 95.3 Å². The van der Waals surface area contributed by atoms with Gasteiger partial charge >= 0.3 is 36.0 Å². The van der Waals surface area contributed by atoms with E-state index in [-0.39, 0.29) is 18.3 Å². The predicted octanol–water partition coefficient (Wildman–Crippen LogP) is 5.32. The molecule has 0 amide bonds. The van der Waals surface area contributed by atoms with Crippen LogP contribution in [0, 0.1) is 47.3 Å². The highest BCUT2D eigenvalue weighted by molar-refractivity contribution is 5.97. The number of cyclic esters (lactones) is 2. The van der Waals surface area contributed by atoms with Crippen LogP contribution in [0.25, 0.3) is 0 Å². The average Bonchev–Trinajstić information content (AvgIpc) is 3.61. The van der Waals surface area contributed by atoms with E-state index >= 15 is 0 Å². The first-order valence-electron chi connectivity index (χ1n) is 15.3. The first-order chi connectivity index (χ1) is 19.8. The molecule has 9 unspecified atom stereocenters. The number of fused-ring (bicyclic) bond motifs is 2. The Kier molecular flexibility index (Phi) is 9.30. The molecule has 1 saturated heterocycles. The normalized spacial score (nSPS) is 33.2. The molecule has 2 bridgehead atoms. The van der Waals surface area contributed by atoms with Crippen LogP contribution < -0.4 is 0 Å². The molecule has 9 atom stereocenters. The molecule has 12 heteroatoms. The summed E-state index contributed by atoms with van der Waals surface area (Å²) < 4.78 is 60.8. The summed E-state index contributed by atoms with van der Waals surface area (Å²) in [7, 11) is 0. The van der Waals surface area contributed by atoms with Crippen LogP contribution in [-0.2, 0) is 42.9 Å². The highest BCUT2D eigenvalue weighted by Gasteiger charge is 2.62. The molecule has 242 valence electrons. The monoisotopic (exact) mass is 616 g/mol. The second-order valence-electron chi connectivity index (χ2n) is 14.3. The Morgan fingerprint density at radius 2 is 1.67 bits per heavy atom. The van der Waals surface area contributed by atoms with Crippen molar-refractivity contribution in [2.24, 2.45) is 47.3 Å². The van der Waals surface area contributed by atoms with Crippen LogP contribution in [0.2, 0.25) is 0 Å². The molecule has 0 aromatic carbocycles. The Hall–Kier alpha value is -2.66. The lowest BCUT2D eigenvalue weighted by atomic mass is 9.64. The average molecular weight is 617 g/mol. The number of esters is 5. The summed E-state index contributed by atoms with van der Waals surface area (Å²) in [4.78, 5) is 63.7. The van der Waals surface area contributed by atoms with Gasteiger partial charge < -0.3 is 18.9 Å². The molecule has 0 aromatic rings. The first kappa shape index (κ1) is 33.2. The van der Waals surface area contributed by atoms with Crippen LogP contribution in [0.4, 0.5) is 13.2 Å². The van der Waals surface area contributed by atoms with Gasteiger partial charge in [0.25, 0.3) is 0 Å². The Labute approximate surface area is 249 Å². The minimum atomic E-state index is -5.26. The van der Waals surface area contributed by atoms with E-state index in [4.69, 9.17) is 18.9 Å². The summed E-state index contributed by atoms with van der Waals surface area (Å²) in [6.07, 6.45) is -2.89. The van der Waals surface area contributed by atoms with Crippen molar-refractivity contribution in [2.75, 3.05) is 0 Å². The molecule has 3 saturated carbocycles. The summed E-state index contributed by atoms with van der Waals surface area (Å²) in [6, 6.07) is 0. The molecule has 0 N–H and O–H groups in total. The predicted molar refractivity (Wildman–Crippen MR) is 144 cm³/mol. The topological polar surface area (TPSA) is 122 Å².